The first-order chi connectivity index (χ1) is 12.0. The number of hydrogen-bond donors (Lipinski definition) is 3. The van der Waals surface area contributed by atoms with Crippen LogP contribution in [0.1, 0.15) is 51.9 Å². The van der Waals surface area contributed by atoms with Crippen LogP contribution in [0, 0.1) is 11.8 Å². The van der Waals surface area contributed by atoms with E-state index in [1.54, 1.807) is 12.2 Å². The number of allylic oxidation sites excluding steroid dienone is 4. The number of rotatable bonds is 11. The van der Waals surface area contributed by atoms with Crippen LogP contribution in [0.3, 0.4) is 0 Å². The highest BCUT2D eigenvalue weighted by atomic mass is 16.4. The largest absolute Gasteiger partial charge is 0.481 e. The van der Waals surface area contributed by atoms with E-state index in [9.17, 15) is 19.8 Å². The summed E-state index contributed by atoms with van der Waals surface area (Å²) in [6.07, 6.45) is 13.4. The topological polar surface area (TPSA) is 94.8 Å². The Kier molecular flexibility index (Phi) is 10.0. The van der Waals surface area contributed by atoms with Crippen LogP contribution in [-0.4, -0.2) is 39.3 Å². The molecule has 0 aromatic rings. The predicted molar refractivity (Wildman–Crippen MR) is 97.0 cm³/mol. The van der Waals surface area contributed by atoms with Gasteiger partial charge in [0.15, 0.2) is 0 Å². The lowest BCUT2D eigenvalue weighted by Crippen LogP contribution is -2.19. The highest BCUT2D eigenvalue weighted by molar-refractivity contribution is 5.86. The van der Waals surface area contributed by atoms with Gasteiger partial charge in [0.25, 0.3) is 0 Å². The second-order valence-corrected chi connectivity index (χ2v) is 6.49. The molecule has 1 saturated carbocycles. The average Bonchev–Trinajstić information content (AvgIpc) is 2.82. The summed E-state index contributed by atoms with van der Waals surface area (Å²) in [7, 11) is 0. The molecule has 5 heteroatoms. The summed E-state index contributed by atoms with van der Waals surface area (Å²) in [6.45, 7) is 2.02. The second kappa shape index (κ2) is 11.8. The Bertz CT molecular complexity index is 506. The zero-order valence-corrected chi connectivity index (χ0v) is 14.9. The normalized spacial score (nSPS) is 25.6. The van der Waals surface area contributed by atoms with Crippen molar-refractivity contribution in [1.82, 2.24) is 0 Å². The van der Waals surface area contributed by atoms with E-state index in [1.165, 1.54) is 0 Å². The van der Waals surface area contributed by atoms with Gasteiger partial charge in [-0.15, -0.1) is 0 Å². The fourth-order valence-corrected chi connectivity index (χ4v) is 3.00. The van der Waals surface area contributed by atoms with Gasteiger partial charge in [0.2, 0.25) is 0 Å². The molecule has 0 aromatic carbocycles. The standard InChI is InChI=1S/C20H30O5/c1-2-3-6-9-15(21)12-13-17-16(18(22)14-19(17)23)10-7-4-5-8-11-20(24)25/h3-4,6-7,12-13,15-18,21-22H,2,5,8-11,14H2,1H3,(H,24,25)/b6-3-,7-4-,13-12+/t15-,16+,17+,18-/m0/s1. The van der Waals surface area contributed by atoms with Crippen LogP contribution in [0.2, 0.25) is 0 Å². The van der Waals surface area contributed by atoms with Crippen LogP contribution in [0.5, 0.6) is 0 Å². The van der Waals surface area contributed by atoms with Crippen LogP contribution in [0.4, 0.5) is 0 Å². The van der Waals surface area contributed by atoms with E-state index in [2.05, 4.69) is 0 Å². The van der Waals surface area contributed by atoms with Crippen LogP contribution >= 0.6 is 0 Å². The van der Waals surface area contributed by atoms with E-state index < -0.39 is 18.2 Å². The quantitative estimate of drug-likeness (QED) is 0.393. The highest BCUT2D eigenvalue weighted by Gasteiger charge is 2.39. The Morgan fingerprint density at radius 1 is 1.28 bits per heavy atom. The van der Waals surface area contributed by atoms with Gasteiger partial charge in [-0.2, -0.15) is 0 Å². The van der Waals surface area contributed by atoms with Crippen molar-refractivity contribution >= 4 is 11.8 Å². The Labute approximate surface area is 149 Å². The number of hydrogen-bond acceptors (Lipinski definition) is 4. The third-order valence-electron chi connectivity index (χ3n) is 4.39. The molecule has 1 aliphatic rings. The third-order valence-corrected chi connectivity index (χ3v) is 4.39. The Balaban J connectivity index is 2.52. The number of aliphatic carboxylic acids is 1. The van der Waals surface area contributed by atoms with Crippen molar-refractivity contribution < 1.29 is 24.9 Å². The molecule has 4 atom stereocenters. The van der Waals surface area contributed by atoms with E-state index in [4.69, 9.17) is 5.11 Å². The number of carboxylic acid groups (broad SMARTS) is 1. The van der Waals surface area contributed by atoms with Gasteiger partial charge in [0, 0.05) is 24.7 Å². The average molecular weight is 350 g/mol. The first-order valence-electron chi connectivity index (χ1n) is 9.04. The number of aliphatic hydroxyl groups excluding tert-OH is 2. The van der Waals surface area contributed by atoms with Crippen molar-refractivity contribution in [2.75, 3.05) is 0 Å². The van der Waals surface area contributed by atoms with Crippen molar-refractivity contribution in [3.8, 4) is 0 Å². The number of carbonyl (C=O) groups excluding carboxylic acids is 1. The lowest BCUT2D eigenvalue weighted by atomic mass is 9.90. The highest BCUT2D eigenvalue weighted by Crippen LogP contribution is 2.33. The Hall–Kier alpha value is -1.72. The molecule has 0 unspecified atom stereocenters. The Morgan fingerprint density at radius 2 is 2.04 bits per heavy atom. The first kappa shape index (κ1) is 21.3. The van der Waals surface area contributed by atoms with E-state index in [-0.39, 0.29) is 30.5 Å². The molecule has 0 amide bonds. The number of carbonyl (C=O) groups is 2. The van der Waals surface area contributed by atoms with Gasteiger partial charge in [-0.25, -0.2) is 0 Å². The van der Waals surface area contributed by atoms with Crippen molar-refractivity contribution in [2.24, 2.45) is 11.8 Å². The maximum Gasteiger partial charge on any atom is 0.303 e. The molecule has 1 rings (SSSR count). The number of Topliss-reactive ketones (excluding diaryl/α,β-unsaturated/α-hetero) is 1. The summed E-state index contributed by atoms with van der Waals surface area (Å²) < 4.78 is 0. The van der Waals surface area contributed by atoms with Crippen molar-refractivity contribution in [2.45, 2.75) is 64.1 Å². The molecular formula is C20H30O5. The van der Waals surface area contributed by atoms with E-state index in [1.807, 2.05) is 31.2 Å². The lowest BCUT2D eigenvalue weighted by Gasteiger charge is -2.17. The summed E-state index contributed by atoms with van der Waals surface area (Å²) in [5.74, 6) is -1.35. The maximum absolute atomic E-state index is 12.1. The smallest absolute Gasteiger partial charge is 0.303 e. The van der Waals surface area contributed by atoms with Crippen molar-refractivity contribution in [3.05, 3.63) is 36.5 Å². The molecule has 25 heavy (non-hydrogen) atoms. The number of ketones is 1. The molecule has 1 fully saturated rings. The van der Waals surface area contributed by atoms with Gasteiger partial charge >= 0.3 is 5.97 Å². The van der Waals surface area contributed by atoms with Gasteiger partial charge in [-0.05, 0) is 32.1 Å². The summed E-state index contributed by atoms with van der Waals surface area (Å²) in [5, 5.41) is 28.6. The zero-order chi connectivity index (χ0) is 18.7. The Morgan fingerprint density at radius 3 is 2.72 bits per heavy atom. The molecule has 0 radical (unpaired) electrons. The number of aliphatic hydroxyl groups is 2. The molecule has 0 saturated heterocycles. The van der Waals surface area contributed by atoms with Gasteiger partial charge in [0.05, 0.1) is 12.2 Å². The molecule has 0 spiro atoms. The molecule has 3 N–H and O–H groups in total. The fraction of sp³-hybridized carbons (Fsp3) is 0.600. The SMILES string of the molecule is CC/C=C\C[C@H](O)/C=C/[C@H]1C(=O)C[C@H](O)[C@@H]1C/C=C\CCCC(=O)O. The minimum Gasteiger partial charge on any atom is -0.481 e. The number of unbranched alkanes of at least 4 members (excludes halogenated alkanes) is 1. The number of carboxylic acids is 1. The molecule has 0 aliphatic heterocycles. The van der Waals surface area contributed by atoms with E-state index in [0.717, 1.165) is 6.42 Å². The van der Waals surface area contributed by atoms with Crippen molar-refractivity contribution in [1.29, 1.82) is 0 Å². The van der Waals surface area contributed by atoms with Crippen LogP contribution in [0.25, 0.3) is 0 Å². The molecule has 0 heterocycles. The van der Waals surface area contributed by atoms with Crippen molar-refractivity contribution in [3.63, 3.8) is 0 Å². The zero-order valence-electron chi connectivity index (χ0n) is 14.9. The molecule has 0 bridgehead atoms. The monoisotopic (exact) mass is 350 g/mol. The molecule has 140 valence electrons. The first-order valence-corrected chi connectivity index (χ1v) is 9.04. The molecule has 5 nitrogen and oxygen atoms in total. The molecule has 1 aliphatic carbocycles. The lowest BCUT2D eigenvalue weighted by molar-refractivity contribution is -0.137. The minimum atomic E-state index is -0.803. The molecular weight excluding hydrogens is 320 g/mol. The van der Waals surface area contributed by atoms with Crippen LogP contribution in [-0.2, 0) is 9.59 Å². The summed E-state index contributed by atoms with van der Waals surface area (Å²) in [6, 6.07) is 0. The summed E-state index contributed by atoms with van der Waals surface area (Å²) >= 11 is 0. The second-order valence-electron chi connectivity index (χ2n) is 6.49. The summed E-state index contributed by atoms with van der Waals surface area (Å²) in [5.41, 5.74) is 0. The van der Waals surface area contributed by atoms with Gasteiger partial charge in [-0.3, -0.25) is 9.59 Å². The molecule has 0 aromatic heterocycles. The van der Waals surface area contributed by atoms with Gasteiger partial charge < -0.3 is 15.3 Å². The van der Waals surface area contributed by atoms with E-state index >= 15 is 0 Å². The fourth-order valence-electron chi connectivity index (χ4n) is 3.00. The summed E-state index contributed by atoms with van der Waals surface area (Å²) in [4.78, 5) is 22.5. The third kappa shape index (κ3) is 8.27. The minimum absolute atomic E-state index is 0.00401. The van der Waals surface area contributed by atoms with Crippen LogP contribution in [0.15, 0.2) is 36.5 Å². The van der Waals surface area contributed by atoms with Crippen LogP contribution < -0.4 is 0 Å². The van der Waals surface area contributed by atoms with Gasteiger partial charge in [-0.1, -0.05) is 43.4 Å². The van der Waals surface area contributed by atoms with Gasteiger partial charge in [0.1, 0.15) is 5.78 Å². The predicted octanol–water partition coefficient (Wildman–Crippen LogP) is 3.03. The van der Waals surface area contributed by atoms with E-state index in [0.29, 0.717) is 25.7 Å². The maximum atomic E-state index is 12.1.